The van der Waals surface area contributed by atoms with Gasteiger partial charge >= 0.3 is 0 Å². The van der Waals surface area contributed by atoms with Crippen LogP contribution < -0.4 is 4.74 Å². The Morgan fingerprint density at radius 2 is 1.67 bits per heavy atom. The Morgan fingerprint density at radius 1 is 0.833 bits per heavy atom. The maximum Gasteiger partial charge on any atom is 0.164 e. The molecule has 0 saturated carbocycles. The van der Waals surface area contributed by atoms with Crippen molar-refractivity contribution in [2.45, 2.75) is 19.4 Å². The zero-order valence-corrected chi connectivity index (χ0v) is 13.4. The summed E-state index contributed by atoms with van der Waals surface area (Å²) in [6.07, 6.45) is 1.47. The van der Waals surface area contributed by atoms with E-state index in [1.165, 1.54) is 0 Å². The molecule has 0 spiro atoms. The van der Waals surface area contributed by atoms with Crippen molar-refractivity contribution in [1.82, 2.24) is 0 Å². The molecule has 1 aliphatic rings. The predicted molar refractivity (Wildman–Crippen MR) is 95.3 cm³/mol. The summed E-state index contributed by atoms with van der Waals surface area (Å²) in [5, 5.41) is 0. The second kappa shape index (κ2) is 6.32. The van der Waals surface area contributed by atoms with E-state index in [0.29, 0.717) is 13.0 Å². The fourth-order valence-electron chi connectivity index (χ4n) is 3.25. The van der Waals surface area contributed by atoms with Crippen molar-refractivity contribution in [3.63, 3.8) is 0 Å². The van der Waals surface area contributed by atoms with Gasteiger partial charge in [0.05, 0.1) is 0 Å². The van der Waals surface area contributed by atoms with Gasteiger partial charge < -0.3 is 4.74 Å². The summed E-state index contributed by atoms with van der Waals surface area (Å²) in [6, 6.07) is 24.2. The van der Waals surface area contributed by atoms with E-state index in [4.69, 9.17) is 4.74 Å². The van der Waals surface area contributed by atoms with Gasteiger partial charge in [-0.1, -0.05) is 60.7 Å². The van der Waals surface area contributed by atoms with E-state index < -0.39 is 0 Å². The summed E-state index contributed by atoms with van der Waals surface area (Å²) in [6.45, 7) is 0.538. The first-order valence-electron chi connectivity index (χ1n) is 8.23. The monoisotopic (exact) mass is 314 g/mol. The number of hydrogen-bond acceptors (Lipinski definition) is 2. The number of Topliss-reactive ketones (excluding diaryl/α,β-unsaturated/α-hetero) is 1. The minimum absolute atomic E-state index is 0.246. The lowest BCUT2D eigenvalue weighted by Crippen LogP contribution is -1.97. The second-order valence-corrected chi connectivity index (χ2v) is 6.06. The van der Waals surface area contributed by atoms with Crippen LogP contribution >= 0.6 is 0 Å². The Bertz CT molecular complexity index is 881. The van der Waals surface area contributed by atoms with E-state index in [1.54, 1.807) is 0 Å². The van der Waals surface area contributed by atoms with Gasteiger partial charge in [0.15, 0.2) is 5.78 Å². The molecule has 0 aliphatic heterocycles. The number of ether oxygens (including phenoxy) is 1. The van der Waals surface area contributed by atoms with Gasteiger partial charge in [-0.05, 0) is 40.8 Å². The molecular weight excluding hydrogens is 296 g/mol. The minimum Gasteiger partial charge on any atom is -0.489 e. The molecule has 4 rings (SSSR count). The van der Waals surface area contributed by atoms with Gasteiger partial charge in [0, 0.05) is 12.0 Å². The smallest absolute Gasteiger partial charge is 0.164 e. The second-order valence-electron chi connectivity index (χ2n) is 6.06. The third-order valence-electron chi connectivity index (χ3n) is 4.44. The van der Waals surface area contributed by atoms with E-state index >= 15 is 0 Å². The lowest BCUT2D eigenvalue weighted by atomic mass is 9.96. The topological polar surface area (TPSA) is 26.3 Å². The van der Waals surface area contributed by atoms with Crippen LogP contribution in [0, 0.1) is 0 Å². The third kappa shape index (κ3) is 2.83. The van der Waals surface area contributed by atoms with Crippen molar-refractivity contribution in [1.29, 1.82) is 0 Å². The van der Waals surface area contributed by atoms with Gasteiger partial charge in [-0.25, -0.2) is 0 Å². The predicted octanol–water partition coefficient (Wildman–Crippen LogP) is 5.06. The fraction of sp³-hybridized carbons (Fsp3) is 0.136. The molecule has 2 heteroatoms. The largest absolute Gasteiger partial charge is 0.489 e. The highest BCUT2D eigenvalue weighted by atomic mass is 16.5. The highest BCUT2D eigenvalue weighted by Crippen LogP contribution is 2.33. The number of carbonyl (C=O) groups is 1. The van der Waals surface area contributed by atoms with Crippen molar-refractivity contribution >= 4 is 5.78 Å². The molecule has 0 heterocycles. The summed E-state index contributed by atoms with van der Waals surface area (Å²) in [4.78, 5) is 12.2. The summed E-state index contributed by atoms with van der Waals surface area (Å²) in [5.41, 5.74) is 5.23. The number of benzene rings is 3. The van der Waals surface area contributed by atoms with Crippen molar-refractivity contribution in [2.24, 2.45) is 0 Å². The Morgan fingerprint density at radius 3 is 2.54 bits per heavy atom. The molecule has 3 aromatic carbocycles. The van der Waals surface area contributed by atoms with Crippen molar-refractivity contribution in [3.05, 3.63) is 89.5 Å². The first-order valence-corrected chi connectivity index (χ1v) is 8.23. The van der Waals surface area contributed by atoms with Crippen LogP contribution in [0.25, 0.3) is 11.1 Å². The van der Waals surface area contributed by atoms with Crippen LogP contribution in [0.15, 0.2) is 72.8 Å². The average Bonchev–Trinajstić information content (AvgIpc) is 3.02. The van der Waals surface area contributed by atoms with E-state index in [0.717, 1.165) is 40.0 Å². The van der Waals surface area contributed by atoms with Crippen molar-refractivity contribution < 1.29 is 9.53 Å². The normalized spacial score (nSPS) is 12.9. The van der Waals surface area contributed by atoms with Gasteiger partial charge in [0.2, 0.25) is 0 Å². The molecule has 0 bridgehead atoms. The highest BCUT2D eigenvalue weighted by molar-refractivity contribution is 6.06. The highest BCUT2D eigenvalue weighted by Gasteiger charge is 2.23. The summed E-state index contributed by atoms with van der Waals surface area (Å²) >= 11 is 0. The standard InChI is InChI=1S/C22H18O2/c23-21-13-12-17-8-5-11-20(22(17)21)18-9-4-10-19(14-18)24-15-16-6-2-1-3-7-16/h1-11,14H,12-13,15H2. The van der Waals surface area contributed by atoms with Crippen LogP contribution in [-0.4, -0.2) is 5.78 Å². The third-order valence-corrected chi connectivity index (χ3v) is 4.44. The van der Waals surface area contributed by atoms with Crippen LogP contribution in [0.1, 0.15) is 27.9 Å². The molecule has 118 valence electrons. The molecule has 0 N–H and O–H groups in total. The molecule has 0 aromatic heterocycles. The lowest BCUT2D eigenvalue weighted by molar-refractivity contribution is 0.0995. The Labute approximate surface area is 141 Å². The molecule has 0 saturated heterocycles. The average molecular weight is 314 g/mol. The lowest BCUT2D eigenvalue weighted by Gasteiger charge is -2.11. The van der Waals surface area contributed by atoms with Crippen molar-refractivity contribution in [3.8, 4) is 16.9 Å². The van der Waals surface area contributed by atoms with Gasteiger partial charge in [-0.3, -0.25) is 4.79 Å². The van der Waals surface area contributed by atoms with E-state index in [9.17, 15) is 4.79 Å². The first kappa shape index (κ1) is 14.7. The molecule has 0 radical (unpaired) electrons. The Kier molecular flexibility index (Phi) is 3.87. The van der Waals surface area contributed by atoms with Gasteiger partial charge in [-0.2, -0.15) is 0 Å². The summed E-state index contributed by atoms with van der Waals surface area (Å²) < 4.78 is 5.92. The molecule has 0 unspecified atom stereocenters. The van der Waals surface area contributed by atoms with Crippen LogP contribution in [0.3, 0.4) is 0 Å². The van der Waals surface area contributed by atoms with Gasteiger partial charge in [0.25, 0.3) is 0 Å². The number of carbonyl (C=O) groups excluding carboxylic acids is 1. The van der Waals surface area contributed by atoms with Crippen LogP contribution in [0.5, 0.6) is 5.75 Å². The Balaban J connectivity index is 1.62. The number of rotatable bonds is 4. The molecule has 0 fully saturated rings. The van der Waals surface area contributed by atoms with Crippen LogP contribution in [0.4, 0.5) is 0 Å². The molecule has 3 aromatic rings. The maximum atomic E-state index is 12.2. The summed E-state index contributed by atoms with van der Waals surface area (Å²) in [5.74, 6) is 1.07. The maximum absolute atomic E-state index is 12.2. The SMILES string of the molecule is O=C1CCc2cccc(-c3cccc(OCc4ccccc4)c3)c21. The molecule has 24 heavy (non-hydrogen) atoms. The minimum atomic E-state index is 0.246. The number of fused-ring (bicyclic) bond motifs is 1. The van der Waals surface area contributed by atoms with Crippen molar-refractivity contribution in [2.75, 3.05) is 0 Å². The van der Waals surface area contributed by atoms with Crippen LogP contribution in [0.2, 0.25) is 0 Å². The zero-order chi connectivity index (χ0) is 16.4. The van der Waals surface area contributed by atoms with Gasteiger partial charge in [-0.15, -0.1) is 0 Å². The molecular formula is C22H18O2. The van der Waals surface area contributed by atoms with E-state index in [-0.39, 0.29) is 5.78 Å². The van der Waals surface area contributed by atoms with Crippen LogP contribution in [-0.2, 0) is 13.0 Å². The molecule has 0 amide bonds. The zero-order valence-electron chi connectivity index (χ0n) is 13.4. The molecule has 2 nitrogen and oxygen atoms in total. The number of hydrogen-bond donors (Lipinski definition) is 0. The number of ketones is 1. The number of aryl methyl sites for hydroxylation is 1. The molecule has 0 atom stereocenters. The quantitative estimate of drug-likeness (QED) is 0.672. The van der Waals surface area contributed by atoms with E-state index in [1.807, 2.05) is 66.7 Å². The van der Waals surface area contributed by atoms with E-state index in [2.05, 4.69) is 6.07 Å². The van der Waals surface area contributed by atoms with Gasteiger partial charge in [0.1, 0.15) is 12.4 Å². The fourth-order valence-corrected chi connectivity index (χ4v) is 3.25. The first-order chi connectivity index (χ1) is 11.8. The summed E-state index contributed by atoms with van der Waals surface area (Å²) in [7, 11) is 0. The molecule has 1 aliphatic carbocycles. The Hall–Kier alpha value is -2.87.